The largest absolute Gasteiger partial charge is 0.372 e. The second-order valence-electron chi connectivity index (χ2n) is 3.19. The first kappa shape index (κ1) is 9.24. The summed E-state index contributed by atoms with van der Waals surface area (Å²) in [5.41, 5.74) is 0. The highest BCUT2D eigenvalue weighted by Crippen LogP contribution is 2.26. The van der Waals surface area contributed by atoms with Crippen LogP contribution >= 0.6 is 15.9 Å². The molecule has 0 aromatic rings. The number of hydrogen-bond acceptors (Lipinski definition) is 3. The SMILES string of the molecule is BrC1(C2CNCCO2)C=CC=CN1. The van der Waals surface area contributed by atoms with Gasteiger partial charge in [0.25, 0.3) is 0 Å². The molecule has 72 valence electrons. The minimum Gasteiger partial charge on any atom is -0.372 e. The molecule has 1 saturated heterocycles. The van der Waals surface area contributed by atoms with Gasteiger partial charge in [-0.3, -0.25) is 0 Å². The Labute approximate surface area is 86.3 Å². The highest BCUT2D eigenvalue weighted by Gasteiger charge is 2.35. The second-order valence-corrected chi connectivity index (χ2v) is 4.51. The Kier molecular flexibility index (Phi) is 2.71. The van der Waals surface area contributed by atoms with E-state index in [1.165, 1.54) is 0 Å². The Morgan fingerprint density at radius 3 is 3.00 bits per heavy atom. The first-order valence-corrected chi connectivity index (χ1v) is 5.24. The van der Waals surface area contributed by atoms with E-state index < -0.39 is 0 Å². The number of halogens is 1. The second kappa shape index (κ2) is 3.82. The van der Waals surface area contributed by atoms with Gasteiger partial charge in [-0.25, -0.2) is 0 Å². The molecule has 2 N–H and O–H groups in total. The molecule has 3 nitrogen and oxygen atoms in total. The molecule has 0 aromatic heterocycles. The van der Waals surface area contributed by atoms with E-state index in [-0.39, 0.29) is 10.6 Å². The summed E-state index contributed by atoms with van der Waals surface area (Å²) in [5, 5.41) is 6.55. The molecule has 2 aliphatic rings. The van der Waals surface area contributed by atoms with E-state index in [1.54, 1.807) is 0 Å². The lowest BCUT2D eigenvalue weighted by molar-refractivity contribution is 0.0103. The van der Waals surface area contributed by atoms with Crippen LogP contribution in [0, 0.1) is 0 Å². The molecule has 0 spiro atoms. The Morgan fingerprint density at radius 2 is 2.38 bits per heavy atom. The van der Waals surface area contributed by atoms with Gasteiger partial charge in [-0.1, -0.05) is 22.0 Å². The molecule has 0 aliphatic carbocycles. The minimum absolute atomic E-state index is 0.141. The van der Waals surface area contributed by atoms with E-state index in [0.29, 0.717) is 0 Å². The van der Waals surface area contributed by atoms with Crippen molar-refractivity contribution >= 4 is 15.9 Å². The van der Waals surface area contributed by atoms with Gasteiger partial charge in [0.15, 0.2) is 0 Å². The molecular formula is C9H13BrN2O. The van der Waals surface area contributed by atoms with Gasteiger partial charge in [-0.2, -0.15) is 0 Å². The highest BCUT2D eigenvalue weighted by molar-refractivity contribution is 9.10. The van der Waals surface area contributed by atoms with Crippen molar-refractivity contribution in [1.82, 2.24) is 10.6 Å². The first-order valence-electron chi connectivity index (χ1n) is 4.44. The third-order valence-corrected chi connectivity index (χ3v) is 3.25. The van der Waals surface area contributed by atoms with Gasteiger partial charge in [0, 0.05) is 13.1 Å². The van der Waals surface area contributed by atoms with Crippen LogP contribution in [0.2, 0.25) is 0 Å². The third kappa shape index (κ3) is 1.95. The van der Waals surface area contributed by atoms with Crippen molar-refractivity contribution in [3.63, 3.8) is 0 Å². The lowest BCUT2D eigenvalue weighted by Gasteiger charge is -2.37. The Hall–Kier alpha value is -0.320. The van der Waals surface area contributed by atoms with Crippen molar-refractivity contribution in [2.24, 2.45) is 0 Å². The van der Waals surface area contributed by atoms with Crippen LogP contribution in [-0.2, 0) is 4.74 Å². The normalized spacial score (nSPS) is 38.7. The summed E-state index contributed by atoms with van der Waals surface area (Å²) in [5.74, 6) is 0. The van der Waals surface area contributed by atoms with Crippen molar-refractivity contribution in [2.45, 2.75) is 10.6 Å². The van der Waals surface area contributed by atoms with Crippen LogP contribution in [0.5, 0.6) is 0 Å². The van der Waals surface area contributed by atoms with Crippen molar-refractivity contribution < 1.29 is 4.74 Å². The van der Waals surface area contributed by atoms with Gasteiger partial charge in [-0.05, 0) is 18.4 Å². The number of hydrogen-bond donors (Lipinski definition) is 2. The Bertz CT molecular complexity index is 236. The molecule has 0 aromatic carbocycles. The van der Waals surface area contributed by atoms with Crippen LogP contribution in [0.15, 0.2) is 24.4 Å². The van der Waals surface area contributed by atoms with Crippen LogP contribution < -0.4 is 10.6 Å². The molecule has 0 saturated carbocycles. The zero-order chi connectivity index (χ0) is 9.15. The predicted molar refractivity (Wildman–Crippen MR) is 55.7 cm³/mol. The number of allylic oxidation sites excluding steroid dienone is 2. The van der Waals surface area contributed by atoms with E-state index in [1.807, 2.05) is 18.4 Å². The molecule has 0 amide bonds. The van der Waals surface area contributed by atoms with E-state index in [4.69, 9.17) is 4.74 Å². The molecule has 2 atom stereocenters. The molecule has 4 heteroatoms. The fourth-order valence-electron chi connectivity index (χ4n) is 1.51. The average molecular weight is 245 g/mol. The van der Waals surface area contributed by atoms with Crippen molar-refractivity contribution in [3.05, 3.63) is 24.4 Å². The first-order chi connectivity index (χ1) is 6.31. The standard InChI is InChI=1S/C9H13BrN2O/c10-9(3-1-2-4-12-9)8-7-11-5-6-13-8/h1-4,8,11-12H,5-7H2. The summed E-state index contributed by atoms with van der Waals surface area (Å²) in [6, 6.07) is 0. The van der Waals surface area contributed by atoms with E-state index in [2.05, 4.69) is 32.6 Å². The maximum absolute atomic E-state index is 5.66. The topological polar surface area (TPSA) is 33.3 Å². The van der Waals surface area contributed by atoms with E-state index in [9.17, 15) is 0 Å². The monoisotopic (exact) mass is 244 g/mol. The molecule has 2 rings (SSSR count). The van der Waals surface area contributed by atoms with Gasteiger partial charge < -0.3 is 15.4 Å². The number of ether oxygens (including phenoxy) is 1. The molecule has 1 fully saturated rings. The fourth-order valence-corrected chi connectivity index (χ4v) is 2.09. The lowest BCUT2D eigenvalue weighted by atomic mass is 10.1. The van der Waals surface area contributed by atoms with E-state index in [0.717, 1.165) is 19.7 Å². The summed E-state index contributed by atoms with van der Waals surface area (Å²) >= 11 is 3.64. The fraction of sp³-hybridized carbons (Fsp3) is 0.556. The average Bonchev–Trinajstić information content (AvgIpc) is 2.20. The molecular weight excluding hydrogens is 232 g/mol. The number of nitrogens with one attached hydrogen (secondary N) is 2. The van der Waals surface area contributed by atoms with Crippen LogP contribution in [0.4, 0.5) is 0 Å². The van der Waals surface area contributed by atoms with Crippen LogP contribution in [0.1, 0.15) is 0 Å². The summed E-state index contributed by atoms with van der Waals surface area (Å²) < 4.78 is 5.42. The number of alkyl halides is 1. The van der Waals surface area contributed by atoms with Crippen molar-refractivity contribution in [1.29, 1.82) is 0 Å². The molecule has 2 heterocycles. The van der Waals surface area contributed by atoms with Crippen LogP contribution in [0.25, 0.3) is 0 Å². The molecule has 2 aliphatic heterocycles. The molecule has 0 radical (unpaired) electrons. The highest BCUT2D eigenvalue weighted by atomic mass is 79.9. The van der Waals surface area contributed by atoms with Gasteiger partial charge in [0.1, 0.15) is 10.6 Å². The van der Waals surface area contributed by atoms with E-state index >= 15 is 0 Å². The predicted octanol–water partition coefficient (Wildman–Crippen LogP) is 0.739. The van der Waals surface area contributed by atoms with Gasteiger partial charge in [0.2, 0.25) is 0 Å². The zero-order valence-electron chi connectivity index (χ0n) is 7.29. The molecule has 13 heavy (non-hydrogen) atoms. The smallest absolute Gasteiger partial charge is 0.139 e. The Morgan fingerprint density at radius 1 is 1.46 bits per heavy atom. The summed E-state index contributed by atoms with van der Waals surface area (Å²) in [6.45, 7) is 2.59. The quantitative estimate of drug-likeness (QED) is 0.528. The number of dihydropyridines is 1. The van der Waals surface area contributed by atoms with Gasteiger partial charge in [0.05, 0.1) is 6.61 Å². The summed E-state index contributed by atoms with van der Waals surface area (Å²) in [4.78, 5) is 0. The minimum atomic E-state index is -0.241. The summed E-state index contributed by atoms with van der Waals surface area (Å²) in [7, 11) is 0. The zero-order valence-corrected chi connectivity index (χ0v) is 8.88. The maximum atomic E-state index is 5.66. The number of morpholine rings is 1. The summed E-state index contributed by atoms with van der Waals surface area (Å²) in [6.07, 6.45) is 8.12. The van der Waals surface area contributed by atoms with Crippen LogP contribution in [0.3, 0.4) is 0 Å². The van der Waals surface area contributed by atoms with Crippen LogP contribution in [-0.4, -0.2) is 30.2 Å². The maximum Gasteiger partial charge on any atom is 0.139 e. The Balaban J connectivity index is 2.04. The number of rotatable bonds is 1. The lowest BCUT2D eigenvalue weighted by Crippen LogP contribution is -2.55. The molecule has 0 bridgehead atoms. The third-order valence-electron chi connectivity index (χ3n) is 2.25. The van der Waals surface area contributed by atoms with Gasteiger partial charge in [-0.15, -0.1) is 0 Å². The molecule has 2 unspecified atom stereocenters. The van der Waals surface area contributed by atoms with Crippen molar-refractivity contribution in [2.75, 3.05) is 19.7 Å². The van der Waals surface area contributed by atoms with Crippen molar-refractivity contribution in [3.8, 4) is 0 Å². The van der Waals surface area contributed by atoms with Gasteiger partial charge >= 0.3 is 0 Å².